The average Bonchev–Trinajstić information content (AvgIpc) is 3.76. The van der Waals surface area contributed by atoms with Crippen LogP contribution in [0.3, 0.4) is 0 Å². The van der Waals surface area contributed by atoms with Crippen LogP contribution in [0.4, 0.5) is 0 Å². The summed E-state index contributed by atoms with van der Waals surface area (Å²) in [5.41, 5.74) is 11.1. The van der Waals surface area contributed by atoms with Gasteiger partial charge in [-0.2, -0.15) is 0 Å². The normalized spacial score (nSPS) is 12.1. The van der Waals surface area contributed by atoms with Gasteiger partial charge < -0.3 is 4.57 Å². The van der Waals surface area contributed by atoms with Crippen LogP contribution in [0.5, 0.6) is 0 Å². The molecule has 14 aromatic carbocycles. The summed E-state index contributed by atoms with van der Waals surface area (Å²) >= 11 is 0. The molecule has 0 fully saturated rings. The fraction of sp³-hybridized carbons (Fsp3) is 0. The molecule has 0 radical (unpaired) electrons. The first kappa shape index (κ1) is 38.1. The van der Waals surface area contributed by atoms with Crippen LogP contribution < -0.4 is 0 Å². The quantitative estimate of drug-likeness (QED) is 0.155. The van der Waals surface area contributed by atoms with Gasteiger partial charge in [0.15, 0.2) is 0 Å². The summed E-state index contributed by atoms with van der Waals surface area (Å²) in [6.07, 6.45) is 0. The van der Waals surface area contributed by atoms with Gasteiger partial charge in [0.05, 0.1) is 16.7 Å². The molecule has 69 heavy (non-hydrogen) atoms. The lowest BCUT2D eigenvalue weighted by molar-refractivity contribution is 1.20. The number of benzene rings is 14. The molecule has 1 heterocycles. The summed E-state index contributed by atoms with van der Waals surface area (Å²) in [6, 6.07) is 92.8. The number of nitrogens with zero attached hydrogens (tertiary/aromatic N) is 1. The summed E-state index contributed by atoms with van der Waals surface area (Å²) < 4.78 is 2.52. The van der Waals surface area contributed by atoms with Crippen molar-refractivity contribution < 1.29 is 0 Å². The van der Waals surface area contributed by atoms with Crippen LogP contribution in [0.1, 0.15) is 0 Å². The number of fused-ring (bicyclic) bond motifs is 13. The van der Waals surface area contributed by atoms with E-state index in [4.69, 9.17) is 0 Å². The minimum absolute atomic E-state index is 1.18. The Kier molecular flexibility index (Phi) is 8.13. The summed E-state index contributed by atoms with van der Waals surface area (Å²) in [4.78, 5) is 0. The van der Waals surface area contributed by atoms with Crippen molar-refractivity contribution in [3.8, 4) is 39.1 Å². The van der Waals surface area contributed by atoms with E-state index in [2.05, 4.69) is 253 Å². The van der Waals surface area contributed by atoms with Gasteiger partial charge in [-0.1, -0.05) is 206 Å². The molecule has 0 saturated carbocycles. The summed E-state index contributed by atoms with van der Waals surface area (Å²) in [7, 11) is 0. The molecule has 15 rings (SSSR count). The Bertz CT molecular complexity index is 4500. The van der Waals surface area contributed by atoms with Gasteiger partial charge >= 0.3 is 0 Å². The van der Waals surface area contributed by atoms with Crippen molar-refractivity contribution in [1.82, 2.24) is 4.57 Å². The average molecular weight is 872 g/mol. The third kappa shape index (κ3) is 5.59. The standard InChI is InChI=1S/C68H41N/c1-2-18-44(19-3-1)64-54-28-12-13-29-55(54)66(57-35-32-49(41-60(57)64)65-52-26-10-6-20-45(52)38-46-21-7-11-27-53(46)65)56-30-14-22-47-40-59-48(39-58(47)56)23-15-31-61(59)69-62-36-33-42-16-4-8-24-50(42)67(62)68-51-25-9-5-17-43(51)34-37-63(68)69/h1-41H. The highest BCUT2D eigenvalue weighted by Crippen LogP contribution is 2.49. The molecule has 0 unspecified atom stereocenters. The van der Waals surface area contributed by atoms with Gasteiger partial charge in [-0.3, -0.25) is 0 Å². The summed E-state index contributed by atoms with van der Waals surface area (Å²) in [6.45, 7) is 0. The van der Waals surface area contributed by atoms with Crippen molar-refractivity contribution in [3.63, 3.8) is 0 Å². The van der Waals surface area contributed by atoms with Gasteiger partial charge in [0.1, 0.15) is 0 Å². The van der Waals surface area contributed by atoms with Crippen LogP contribution in [-0.4, -0.2) is 4.57 Å². The molecule has 0 bridgehead atoms. The molecule has 318 valence electrons. The molecule has 0 N–H and O–H groups in total. The third-order valence-corrected chi connectivity index (χ3v) is 15.1. The predicted molar refractivity (Wildman–Crippen MR) is 297 cm³/mol. The molecule has 1 nitrogen and oxygen atoms in total. The Morgan fingerprint density at radius 3 is 1.33 bits per heavy atom. The van der Waals surface area contributed by atoms with Gasteiger partial charge in [0.25, 0.3) is 0 Å². The van der Waals surface area contributed by atoms with Crippen LogP contribution in [0, 0.1) is 0 Å². The molecule has 0 aliphatic carbocycles. The van der Waals surface area contributed by atoms with E-state index in [1.54, 1.807) is 0 Å². The monoisotopic (exact) mass is 871 g/mol. The zero-order valence-corrected chi connectivity index (χ0v) is 37.6. The maximum Gasteiger partial charge on any atom is 0.0548 e. The van der Waals surface area contributed by atoms with Crippen LogP contribution in [0.25, 0.3) is 147 Å². The summed E-state index contributed by atoms with van der Waals surface area (Å²) in [5.74, 6) is 0. The molecule has 0 saturated heterocycles. The minimum Gasteiger partial charge on any atom is -0.309 e. The van der Waals surface area contributed by atoms with Crippen molar-refractivity contribution in [1.29, 1.82) is 0 Å². The highest BCUT2D eigenvalue weighted by Gasteiger charge is 2.22. The molecular weight excluding hydrogens is 831 g/mol. The molecule has 0 amide bonds. The Hall–Kier alpha value is -9.04. The van der Waals surface area contributed by atoms with E-state index in [0.717, 1.165) is 0 Å². The molecular formula is C68H41N. The van der Waals surface area contributed by atoms with Crippen molar-refractivity contribution >= 4 is 108 Å². The molecule has 1 aromatic heterocycles. The maximum atomic E-state index is 2.52. The summed E-state index contributed by atoms with van der Waals surface area (Å²) in [5, 5.41) is 22.6. The van der Waals surface area contributed by atoms with E-state index in [0.29, 0.717) is 0 Å². The second-order valence-corrected chi connectivity index (χ2v) is 18.7. The first-order valence-electron chi connectivity index (χ1n) is 24.0. The smallest absolute Gasteiger partial charge is 0.0548 e. The topological polar surface area (TPSA) is 4.93 Å². The third-order valence-electron chi connectivity index (χ3n) is 15.1. The minimum atomic E-state index is 1.18. The maximum absolute atomic E-state index is 2.52. The first-order chi connectivity index (χ1) is 34.2. The van der Waals surface area contributed by atoms with Crippen molar-refractivity contribution in [3.05, 3.63) is 249 Å². The molecule has 0 aliphatic rings. The van der Waals surface area contributed by atoms with Gasteiger partial charge in [0, 0.05) is 16.2 Å². The van der Waals surface area contributed by atoms with Crippen molar-refractivity contribution in [2.45, 2.75) is 0 Å². The second-order valence-electron chi connectivity index (χ2n) is 18.7. The zero-order valence-electron chi connectivity index (χ0n) is 37.6. The van der Waals surface area contributed by atoms with Crippen LogP contribution in [0.2, 0.25) is 0 Å². The van der Waals surface area contributed by atoms with Crippen LogP contribution in [0.15, 0.2) is 249 Å². The lowest BCUT2D eigenvalue weighted by atomic mass is 9.83. The van der Waals surface area contributed by atoms with Crippen LogP contribution in [-0.2, 0) is 0 Å². The number of hydrogen-bond donors (Lipinski definition) is 0. The first-order valence-corrected chi connectivity index (χ1v) is 24.0. The van der Waals surface area contributed by atoms with E-state index >= 15 is 0 Å². The van der Waals surface area contributed by atoms with E-state index in [9.17, 15) is 0 Å². The number of aromatic nitrogens is 1. The highest BCUT2D eigenvalue weighted by atomic mass is 15.0. The number of hydrogen-bond acceptors (Lipinski definition) is 0. The molecule has 15 aromatic rings. The Morgan fingerprint density at radius 2 is 0.681 bits per heavy atom. The van der Waals surface area contributed by atoms with E-state index in [1.807, 2.05) is 0 Å². The van der Waals surface area contributed by atoms with Gasteiger partial charge in [-0.15, -0.1) is 0 Å². The number of rotatable bonds is 4. The molecule has 0 aliphatic heterocycles. The van der Waals surface area contributed by atoms with Gasteiger partial charge in [-0.05, 0) is 157 Å². The largest absolute Gasteiger partial charge is 0.309 e. The SMILES string of the molecule is c1ccc(-c2c3ccccc3c(-c3cccc4cc5c(-n6c7ccc8ccccc8c7c7c8ccccc8ccc76)cccc5cc34)c3ccc(-c4c5ccccc5cc5ccccc45)cc23)cc1. The Labute approximate surface area is 398 Å². The highest BCUT2D eigenvalue weighted by molar-refractivity contribution is 6.30. The molecule has 1 heteroatoms. The fourth-order valence-corrected chi connectivity index (χ4v) is 12.1. The lowest BCUT2D eigenvalue weighted by Crippen LogP contribution is -1.96. The van der Waals surface area contributed by atoms with Crippen molar-refractivity contribution in [2.75, 3.05) is 0 Å². The van der Waals surface area contributed by atoms with Gasteiger partial charge in [-0.25, -0.2) is 0 Å². The predicted octanol–water partition coefficient (Wildman–Crippen LogP) is 19.0. The van der Waals surface area contributed by atoms with E-state index in [1.165, 1.54) is 147 Å². The molecule has 0 atom stereocenters. The Morgan fingerprint density at radius 1 is 0.217 bits per heavy atom. The fourth-order valence-electron chi connectivity index (χ4n) is 12.1. The second kappa shape index (κ2) is 14.7. The van der Waals surface area contributed by atoms with Crippen LogP contribution >= 0.6 is 0 Å². The van der Waals surface area contributed by atoms with Crippen molar-refractivity contribution in [2.24, 2.45) is 0 Å². The zero-order chi connectivity index (χ0) is 45.2. The lowest BCUT2D eigenvalue weighted by Gasteiger charge is -2.21. The Balaban J connectivity index is 1.01. The van der Waals surface area contributed by atoms with E-state index in [-0.39, 0.29) is 0 Å². The molecule has 0 spiro atoms. The van der Waals surface area contributed by atoms with Gasteiger partial charge in [0.2, 0.25) is 0 Å². The van der Waals surface area contributed by atoms with E-state index < -0.39 is 0 Å².